The van der Waals surface area contributed by atoms with E-state index in [0.29, 0.717) is 0 Å². The Bertz CT molecular complexity index is 825. The molecule has 0 saturated heterocycles. The molecule has 0 N–H and O–H groups in total. The van der Waals surface area contributed by atoms with Crippen molar-refractivity contribution in [2.24, 2.45) is 35.5 Å². The standard InChI is InChI=1S/C44H76N2/c1-3-17-37(18-4-1)45(43-23-11-15-35-13-7-9-21-41(35)43)39-29-25-33(26-30-39)34-27-31-40(32-28-34)46(38-19-5-2-6-20-38)44-24-12-16-36-14-8-10-22-42(36)44/h33-44H,1-32H2. The van der Waals surface area contributed by atoms with Crippen LogP contribution in [0.4, 0.5) is 0 Å². The summed E-state index contributed by atoms with van der Waals surface area (Å²) in [5.41, 5.74) is 0. The maximum atomic E-state index is 3.32. The van der Waals surface area contributed by atoms with Crippen LogP contribution in [0.15, 0.2) is 0 Å². The van der Waals surface area contributed by atoms with Crippen molar-refractivity contribution >= 4 is 0 Å². The Morgan fingerprint density at radius 1 is 0.217 bits per heavy atom. The van der Waals surface area contributed by atoms with Gasteiger partial charge in [-0.3, -0.25) is 9.80 Å². The van der Waals surface area contributed by atoms with Crippen LogP contribution in [0.2, 0.25) is 0 Å². The van der Waals surface area contributed by atoms with Crippen molar-refractivity contribution in [2.75, 3.05) is 0 Å². The van der Waals surface area contributed by atoms with Crippen molar-refractivity contribution in [2.45, 2.75) is 242 Å². The maximum Gasteiger partial charge on any atom is 0.0132 e. The third kappa shape index (κ3) is 7.21. The smallest absolute Gasteiger partial charge is 0.0132 e. The first-order chi connectivity index (χ1) is 22.8. The Hall–Kier alpha value is -0.0800. The molecule has 0 radical (unpaired) electrons. The average molecular weight is 633 g/mol. The lowest BCUT2D eigenvalue weighted by atomic mass is 9.65. The Labute approximate surface area is 286 Å². The van der Waals surface area contributed by atoms with Crippen molar-refractivity contribution in [3.05, 3.63) is 0 Å². The number of hydrogen-bond acceptors (Lipinski definition) is 2. The number of fused-ring (bicyclic) bond motifs is 2. The highest BCUT2D eigenvalue weighted by Crippen LogP contribution is 2.49. The molecule has 0 heterocycles. The predicted molar refractivity (Wildman–Crippen MR) is 195 cm³/mol. The summed E-state index contributed by atoms with van der Waals surface area (Å²) in [5.74, 6) is 6.38. The molecule has 6 unspecified atom stereocenters. The monoisotopic (exact) mass is 633 g/mol. The minimum Gasteiger partial charge on any atom is -0.294 e. The summed E-state index contributed by atoms with van der Waals surface area (Å²) in [5, 5.41) is 0. The van der Waals surface area contributed by atoms with Gasteiger partial charge in [0.1, 0.15) is 0 Å². The van der Waals surface area contributed by atoms with Gasteiger partial charge in [-0.1, -0.05) is 103 Å². The van der Waals surface area contributed by atoms with Gasteiger partial charge in [-0.05, 0) is 138 Å². The van der Waals surface area contributed by atoms with Gasteiger partial charge in [0.2, 0.25) is 0 Å². The highest BCUT2D eigenvalue weighted by atomic mass is 15.2. The van der Waals surface area contributed by atoms with Gasteiger partial charge in [0, 0.05) is 36.3 Å². The summed E-state index contributed by atoms with van der Waals surface area (Å²) < 4.78 is 0. The normalized spacial score (nSPS) is 43.7. The molecule has 2 heteroatoms. The van der Waals surface area contributed by atoms with Crippen molar-refractivity contribution in [3.8, 4) is 0 Å². The molecule has 8 saturated carbocycles. The lowest BCUT2D eigenvalue weighted by Crippen LogP contribution is -2.57. The van der Waals surface area contributed by atoms with Gasteiger partial charge in [-0.2, -0.15) is 0 Å². The number of hydrogen-bond donors (Lipinski definition) is 0. The van der Waals surface area contributed by atoms with Crippen LogP contribution in [0.25, 0.3) is 0 Å². The fourth-order valence-corrected chi connectivity index (χ4v) is 14.7. The molecule has 0 aliphatic heterocycles. The molecule has 0 amide bonds. The van der Waals surface area contributed by atoms with Crippen LogP contribution >= 0.6 is 0 Å². The fraction of sp³-hybridized carbons (Fsp3) is 1.00. The highest BCUT2D eigenvalue weighted by molar-refractivity contribution is 5.00. The zero-order chi connectivity index (χ0) is 30.7. The van der Waals surface area contributed by atoms with Gasteiger partial charge in [0.15, 0.2) is 0 Å². The topological polar surface area (TPSA) is 6.48 Å². The van der Waals surface area contributed by atoms with Crippen LogP contribution in [0, 0.1) is 35.5 Å². The minimum absolute atomic E-state index is 0.929. The van der Waals surface area contributed by atoms with Gasteiger partial charge >= 0.3 is 0 Å². The van der Waals surface area contributed by atoms with Gasteiger partial charge in [-0.25, -0.2) is 0 Å². The zero-order valence-corrected chi connectivity index (χ0v) is 30.5. The molecule has 0 bridgehead atoms. The minimum atomic E-state index is 0.929. The highest BCUT2D eigenvalue weighted by Gasteiger charge is 2.46. The molecule has 0 aromatic carbocycles. The molecule has 262 valence electrons. The van der Waals surface area contributed by atoms with Crippen molar-refractivity contribution in [3.63, 3.8) is 0 Å². The molecule has 0 aromatic rings. The first-order valence-corrected chi connectivity index (χ1v) is 22.4. The molecular formula is C44H76N2. The Kier molecular flexibility index (Phi) is 11.4. The summed E-state index contributed by atoms with van der Waals surface area (Å²) in [6.45, 7) is 0. The zero-order valence-electron chi connectivity index (χ0n) is 30.5. The van der Waals surface area contributed by atoms with E-state index in [1.165, 1.54) is 103 Å². The van der Waals surface area contributed by atoms with E-state index in [9.17, 15) is 0 Å². The van der Waals surface area contributed by atoms with Crippen LogP contribution in [0.3, 0.4) is 0 Å². The van der Waals surface area contributed by atoms with Gasteiger partial charge < -0.3 is 0 Å². The third-order valence-electron chi connectivity index (χ3n) is 16.8. The van der Waals surface area contributed by atoms with E-state index in [-0.39, 0.29) is 0 Å². The van der Waals surface area contributed by atoms with E-state index >= 15 is 0 Å². The second-order valence-corrected chi connectivity index (χ2v) is 19.0. The van der Waals surface area contributed by atoms with Crippen LogP contribution in [-0.4, -0.2) is 46.1 Å². The van der Waals surface area contributed by atoms with E-state index in [2.05, 4.69) is 9.80 Å². The molecule has 0 aromatic heterocycles. The van der Waals surface area contributed by atoms with Gasteiger partial charge in [0.25, 0.3) is 0 Å². The van der Waals surface area contributed by atoms with Crippen LogP contribution in [0.1, 0.15) is 205 Å². The third-order valence-corrected chi connectivity index (χ3v) is 16.8. The molecule has 8 rings (SSSR count). The number of rotatable bonds is 7. The molecule has 8 aliphatic rings. The Morgan fingerprint density at radius 2 is 0.543 bits per heavy atom. The lowest BCUT2D eigenvalue weighted by molar-refractivity contribution is -0.0467. The van der Waals surface area contributed by atoms with Crippen molar-refractivity contribution in [1.82, 2.24) is 9.80 Å². The quantitative estimate of drug-likeness (QED) is 0.275. The summed E-state index contributed by atoms with van der Waals surface area (Å²) in [7, 11) is 0. The Balaban J connectivity index is 0.901. The average Bonchev–Trinajstić information content (AvgIpc) is 3.14. The van der Waals surface area contributed by atoms with E-state index in [1.54, 1.807) is 103 Å². The van der Waals surface area contributed by atoms with E-state index in [1.807, 2.05) is 0 Å². The fourth-order valence-electron chi connectivity index (χ4n) is 14.7. The lowest BCUT2D eigenvalue weighted by Gasteiger charge is -2.54. The summed E-state index contributed by atoms with van der Waals surface area (Å²) in [6.07, 6.45) is 49.4. The summed E-state index contributed by atoms with van der Waals surface area (Å²) in [4.78, 5) is 6.64. The molecule has 6 atom stereocenters. The van der Waals surface area contributed by atoms with Gasteiger partial charge in [-0.15, -0.1) is 0 Å². The van der Waals surface area contributed by atoms with Crippen LogP contribution in [-0.2, 0) is 0 Å². The summed E-state index contributed by atoms with van der Waals surface area (Å²) >= 11 is 0. The molecule has 2 nitrogen and oxygen atoms in total. The van der Waals surface area contributed by atoms with Crippen molar-refractivity contribution < 1.29 is 0 Å². The van der Waals surface area contributed by atoms with Crippen LogP contribution < -0.4 is 0 Å². The first kappa shape index (κ1) is 33.1. The number of nitrogens with zero attached hydrogens (tertiary/aromatic N) is 2. The molecule has 0 spiro atoms. The SMILES string of the molecule is C1CCC(N(C2CCC(C3CCC(N(C4CCCCC4)C4CCCC5CCCCC54)CC3)CC2)C2CCCC3CCCCC32)CC1. The second kappa shape index (κ2) is 15.9. The largest absolute Gasteiger partial charge is 0.294 e. The van der Waals surface area contributed by atoms with Gasteiger partial charge in [0.05, 0.1) is 0 Å². The van der Waals surface area contributed by atoms with E-state index < -0.39 is 0 Å². The first-order valence-electron chi connectivity index (χ1n) is 22.4. The van der Waals surface area contributed by atoms with E-state index in [4.69, 9.17) is 0 Å². The predicted octanol–water partition coefficient (Wildman–Crippen LogP) is 12.1. The maximum absolute atomic E-state index is 3.32. The van der Waals surface area contributed by atoms with E-state index in [0.717, 1.165) is 71.8 Å². The second-order valence-electron chi connectivity index (χ2n) is 19.0. The summed E-state index contributed by atoms with van der Waals surface area (Å²) in [6, 6.07) is 5.63. The molecule has 8 fully saturated rings. The molecule has 8 aliphatic carbocycles. The Morgan fingerprint density at radius 3 is 0.957 bits per heavy atom. The van der Waals surface area contributed by atoms with Crippen LogP contribution in [0.5, 0.6) is 0 Å². The molecular weight excluding hydrogens is 556 g/mol. The van der Waals surface area contributed by atoms with Crippen molar-refractivity contribution in [1.29, 1.82) is 0 Å². The molecule has 46 heavy (non-hydrogen) atoms.